The van der Waals surface area contributed by atoms with E-state index in [2.05, 4.69) is 16.6 Å². The van der Waals surface area contributed by atoms with E-state index in [1.807, 2.05) is 6.07 Å². The van der Waals surface area contributed by atoms with Gasteiger partial charge in [-0.2, -0.15) is 0 Å². The molecule has 0 atom stereocenters. The maximum absolute atomic E-state index is 12.2. The fourth-order valence-electron chi connectivity index (χ4n) is 2.26. The number of anilines is 1. The number of nitrogens with two attached hydrogens (primary N) is 1. The van der Waals surface area contributed by atoms with Gasteiger partial charge < -0.3 is 5.73 Å². The first kappa shape index (κ1) is 13.9. The highest BCUT2D eigenvalue weighted by Crippen LogP contribution is 2.26. The van der Waals surface area contributed by atoms with Crippen molar-refractivity contribution in [3.8, 4) is 11.8 Å². The van der Waals surface area contributed by atoms with E-state index in [9.17, 15) is 8.42 Å². The molecular weight excluding hydrogens is 260 g/mol. The molecule has 102 valence electrons. The van der Waals surface area contributed by atoms with Crippen LogP contribution >= 0.6 is 0 Å². The minimum absolute atomic E-state index is 0.258. The van der Waals surface area contributed by atoms with Crippen LogP contribution in [-0.4, -0.2) is 20.2 Å². The Balaban J connectivity index is 2.14. The predicted octanol–water partition coefficient (Wildman–Crippen LogP) is 1.68. The summed E-state index contributed by atoms with van der Waals surface area (Å²) in [4.78, 5) is 0. The average Bonchev–Trinajstić information content (AvgIpc) is 2.91. The first-order valence-electron chi connectivity index (χ1n) is 6.42. The molecule has 0 aromatic heterocycles. The molecule has 3 N–H and O–H groups in total. The fourth-order valence-corrected chi connectivity index (χ4v) is 3.84. The Hall–Kier alpha value is -1.51. The van der Waals surface area contributed by atoms with Crippen molar-refractivity contribution in [2.45, 2.75) is 30.9 Å². The van der Waals surface area contributed by atoms with Gasteiger partial charge in [-0.05, 0) is 31.0 Å². The number of hydrogen-bond donors (Lipinski definition) is 2. The molecule has 1 aromatic carbocycles. The van der Waals surface area contributed by atoms with Gasteiger partial charge in [-0.3, -0.25) is 4.72 Å². The van der Waals surface area contributed by atoms with Crippen molar-refractivity contribution in [3.63, 3.8) is 0 Å². The van der Waals surface area contributed by atoms with E-state index in [1.54, 1.807) is 18.2 Å². The monoisotopic (exact) mass is 278 g/mol. The summed E-state index contributed by atoms with van der Waals surface area (Å²) >= 11 is 0. The van der Waals surface area contributed by atoms with Crippen molar-refractivity contribution in [2.75, 3.05) is 11.3 Å². The molecule has 0 aliphatic heterocycles. The first-order valence-corrected chi connectivity index (χ1v) is 7.97. The van der Waals surface area contributed by atoms with E-state index in [1.165, 1.54) is 0 Å². The fraction of sp³-hybridized carbons (Fsp3) is 0.429. The number of nitrogens with one attached hydrogen (secondary N) is 1. The molecule has 0 spiro atoms. The van der Waals surface area contributed by atoms with Gasteiger partial charge in [0.15, 0.2) is 0 Å². The molecule has 1 aromatic rings. The van der Waals surface area contributed by atoms with Gasteiger partial charge in [0, 0.05) is 11.3 Å². The third-order valence-corrected chi connectivity index (χ3v) is 5.07. The summed E-state index contributed by atoms with van der Waals surface area (Å²) in [6.07, 6.45) is 3.49. The van der Waals surface area contributed by atoms with Crippen LogP contribution < -0.4 is 10.5 Å². The van der Waals surface area contributed by atoms with E-state index < -0.39 is 10.0 Å². The maximum atomic E-state index is 12.2. The van der Waals surface area contributed by atoms with Crippen molar-refractivity contribution in [1.82, 2.24) is 0 Å². The minimum atomic E-state index is -3.27. The Labute approximate surface area is 114 Å². The van der Waals surface area contributed by atoms with Crippen molar-refractivity contribution in [2.24, 2.45) is 5.73 Å². The third-order valence-electron chi connectivity index (χ3n) is 3.20. The molecular formula is C14H18N2O2S. The first-order chi connectivity index (χ1) is 9.12. The lowest BCUT2D eigenvalue weighted by Gasteiger charge is -2.13. The summed E-state index contributed by atoms with van der Waals surface area (Å²) in [7, 11) is -3.27. The molecule has 0 amide bonds. The molecule has 4 nitrogen and oxygen atoms in total. The van der Waals surface area contributed by atoms with E-state index >= 15 is 0 Å². The normalized spacial score (nSPS) is 15.8. The summed E-state index contributed by atoms with van der Waals surface area (Å²) in [5.74, 6) is 5.64. The SMILES string of the molecule is NCC#Cc1cccc(NS(=O)(=O)C2CCCC2)c1. The Morgan fingerprint density at radius 2 is 2.05 bits per heavy atom. The van der Waals surface area contributed by atoms with Crippen LogP contribution in [0.3, 0.4) is 0 Å². The van der Waals surface area contributed by atoms with E-state index in [-0.39, 0.29) is 11.8 Å². The second-order valence-corrected chi connectivity index (χ2v) is 6.60. The van der Waals surface area contributed by atoms with Crippen LogP contribution in [0, 0.1) is 11.8 Å². The van der Waals surface area contributed by atoms with Crippen LogP contribution in [0.2, 0.25) is 0 Å². The zero-order valence-corrected chi connectivity index (χ0v) is 11.5. The molecule has 5 heteroatoms. The second-order valence-electron chi connectivity index (χ2n) is 4.64. The molecule has 1 fully saturated rings. The lowest BCUT2D eigenvalue weighted by molar-refractivity contribution is 0.585. The number of rotatable bonds is 3. The van der Waals surface area contributed by atoms with E-state index in [0.29, 0.717) is 5.69 Å². The zero-order valence-electron chi connectivity index (χ0n) is 10.7. The van der Waals surface area contributed by atoms with E-state index in [0.717, 1.165) is 31.2 Å². The molecule has 1 aliphatic carbocycles. The van der Waals surface area contributed by atoms with Gasteiger partial charge in [-0.15, -0.1) is 0 Å². The molecule has 1 saturated carbocycles. The molecule has 0 bridgehead atoms. The summed E-state index contributed by atoms with van der Waals surface area (Å²) in [6.45, 7) is 0.290. The number of benzene rings is 1. The highest BCUT2D eigenvalue weighted by atomic mass is 32.2. The van der Waals surface area contributed by atoms with Gasteiger partial charge in [-0.25, -0.2) is 8.42 Å². The smallest absolute Gasteiger partial charge is 0.235 e. The summed E-state index contributed by atoms with van der Waals surface area (Å²) in [5, 5.41) is -0.258. The van der Waals surface area contributed by atoms with Crippen molar-refractivity contribution < 1.29 is 8.42 Å². The van der Waals surface area contributed by atoms with Gasteiger partial charge in [-0.1, -0.05) is 30.7 Å². The standard InChI is InChI=1S/C14H18N2O2S/c15-10-4-6-12-5-3-7-13(11-12)16-19(17,18)14-8-1-2-9-14/h3,5,7,11,14,16H,1-2,8-10,15H2. The van der Waals surface area contributed by atoms with Gasteiger partial charge in [0.05, 0.1) is 11.8 Å². The molecule has 0 heterocycles. The Morgan fingerprint density at radius 3 is 2.74 bits per heavy atom. The van der Waals surface area contributed by atoms with Crippen LogP contribution in [0.25, 0.3) is 0 Å². The van der Waals surface area contributed by atoms with Gasteiger partial charge in [0.25, 0.3) is 0 Å². The van der Waals surface area contributed by atoms with Crippen LogP contribution in [0.4, 0.5) is 5.69 Å². The minimum Gasteiger partial charge on any atom is -0.320 e. The van der Waals surface area contributed by atoms with Crippen LogP contribution in [0.5, 0.6) is 0 Å². The second kappa shape index (κ2) is 6.09. The van der Waals surface area contributed by atoms with E-state index in [4.69, 9.17) is 5.73 Å². The highest BCUT2D eigenvalue weighted by Gasteiger charge is 2.28. The molecule has 0 saturated heterocycles. The average molecular weight is 278 g/mol. The molecule has 0 unspecified atom stereocenters. The van der Waals surface area contributed by atoms with Crippen molar-refractivity contribution in [1.29, 1.82) is 0 Å². The predicted molar refractivity (Wildman–Crippen MR) is 77.2 cm³/mol. The summed E-state index contributed by atoms with van der Waals surface area (Å²) in [6, 6.07) is 7.08. The molecule has 2 rings (SSSR count). The zero-order chi connectivity index (χ0) is 13.7. The third kappa shape index (κ3) is 3.72. The summed E-state index contributed by atoms with van der Waals surface area (Å²) in [5.41, 5.74) is 6.64. The number of hydrogen-bond acceptors (Lipinski definition) is 3. The van der Waals surface area contributed by atoms with Crippen LogP contribution in [0.1, 0.15) is 31.2 Å². The molecule has 1 aliphatic rings. The lowest BCUT2D eigenvalue weighted by atomic mass is 10.2. The van der Waals surface area contributed by atoms with Crippen LogP contribution in [0.15, 0.2) is 24.3 Å². The molecule has 19 heavy (non-hydrogen) atoms. The van der Waals surface area contributed by atoms with Crippen molar-refractivity contribution >= 4 is 15.7 Å². The topological polar surface area (TPSA) is 72.2 Å². The Kier molecular flexibility index (Phi) is 4.46. The molecule has 0 radical (unpaired) electrons. The summed E-state index contributed by atoms with van der Waals surface area (Å²) < 4.78 is 27.0. The largest absolute Gasteiger partial charge is 0.320 e. The van der Waals surface area contributed by atoms with Crippen molar-refractivity contribution in [3.05, 3.63) is 29.8 Å². The highest BCUT2D eigenvalue weighted by molar-refractivity contribution is 7.93. The lowest BCUT2D eigenvalue weighted by Crippen LogP contribution is -2.25. The number of sulfonamides is 1. The van der Waals surface area contributed by atoms with Gasteiger partial charge in [0.1, 0.15) is 0 Å². The van der Waals surface area contributed by atoms with Crippen LogP contribution in [-0.2, 0) is 10.0 Å². The van der Waals surface area contributed by atoms with Gasteiger partial charge in [0.2, 0.25) is 10.0 Å². The quantitative estimate of drug-likeness (QED) is 0.826. The van der Waals surface area contributed by atoms with Gasteiger partial charge >= 0.3 is 0 Å². The maximum Gasteiger partial charge on any atom is 0.235 e. The Morgan fingerprint density at radius 1 is 1.32 bits per heavy atom. The Bertz CT molecular complexity index is 593.